The number of hydrogen-bond donors (Lipinski definition) is 0. The number of benzene rings is 2. The first kappa shape index (κ1) is 29.3. The van der Waals surface area contributed by atoms with Crippen molar-refractivity contribution in [3.63, 3.8) is 0 Å². The van der Waals surface area contributed by atoms with Gasteiger partial charge in [-0.25, -0.2) is 14.6 Å². The molecule has 0 aliphatic carbocycles. The van der Waals surface area contributed by atoms with Crippen molar-refractivity contribution in [3.05, 3.63) is 119 Å². The average molecular weight is 604 g/mol. The normalized spacial score (nSPS) is 15.0. The van der Waals surface area contributed by atoms with Gasteiger partial charge in [0.25, 0.3) is 5.56 Å². The topological polar surface area (TPSA) is 91.9 Å². The lowest BCUT2D eigenvalue weighted by Gasteiger charge is -2.25. The summed E-state index contributed by atoms with van der Waals surface area (Å²) >= 11 is 7.43. The zero-order valence-electron chi connectivity index (χ0n) is 24.1. The summed E-state index contributed by atoms with van der Waals surface area (Å²) in [4.78, 5) is 44.3. The fraction of sp³-hybridized carbons (Fsp3) is 0.250. The van der Waals surface area contributed by atoms with Gasteiger partial charge in [-0.05, 0) is 94.3 Å². The first-order valence-electron chi connectivity index (χ1n) is 13.4. The molecule has 2 aromatic heterocycles. The molecule has 4 aromatic rings. The van der Waals surface area contributed by atoms with Crippen molar-refractivity contribution >= 4 is 41.0 Å². The van der Waals surface area contributed by atoms with Crippen LogP contribution in [0.3, 0.4) is 0 Å². The third-order valence-corrected chi connectivity index (χ3v) is 8.31. The van der Waals surface area contributed by atoms with Gasteiger partial charge in [-0.2, -0.15) is 0 Å². The van der Waals surface area contributed by atoms with Crippen molar-refractivity contribution in [1.82, 2.24) is 9.13 Å². The summed E-state index contributed by atoms with van der Waals surface area (Å²) in [5, 5.41) is 0.550. The Hall–Kier alpha value is -4.21. The molecule has 216 valence electrons. The second-order valence-corrected chi connectivity index (χ2v) is 11.7. The van der Waals surface area contributed by atoms with Gasteiger partial charge >= 0.3 is 11.9 Å². The van der Waals surface area contributed by atoms with Gasteiger partial charge in [-0.1, -0.05) is 35.1 Å². The monoisotopic (exact) mass is 603 g/mol. The lowest BCUT2D eigenvalue weighted by atomic mass is 9.96. The Morgan fingerprint density at radius 3 is 2.31 bits per heavy atom. The number of methoxy groups -OCH3 is 1. The van der Waals surface area contributed by atoms with E-state index < -0.39 is 18.0 Å². The summed E-state index contributed by atoms with van der Waals surface area (Å²) in [5.74, 6) is -0.909. The zero-order chi connectivity index (χ0) is 30.3. The molecule has 3 heterocycles. The Morgan fingerprint density at radius 1 is 1.02 bits per heavy atom. The second kappa shape index (κ2) is 11.6. The number of aryl methyl sites for hydroxylation is 1. The number of allylic oxidation sites excluding steroid dienone is 1. The fourth-order valence-corrected chi connectivity index (χ4v) is 6.32. The molecule has 0 N–H and O–H groups in total. The molecule has 1 aliphatic heterocycles. The third-order valence-electron chi connectivity index (χ3n) is 7.07. The summed E-state index contributed by atoms with van der Waals surface area (Å²) in [6.45, 7) is 9.28. The number of fused-ring (bicyclic) bond motifs is 1. The van der Waals surface area contributed by atoms with E-state index in [4.69, 9.17) is 21.1 Å². The van der Waals surface area contributed by atoms with Crippen LogP contribution in [-0.4, -0.2) is 34.3 Å². The highest BCUT2D eigenvalue weighted by molar-refractivity contribution is 7.07. The maximum atomic E-state index is 14.0. The van der Waals surface area contributed by atoms with Crippen molar-refractivity contribution in [2.24, 2.45) is 4.99 Å². The van der Waals surface area contributed by atoms with E-state index in [-0.39, 0.29) is 11.7 Å². The van der Waals surface area contributed by atoms with E-state index >= 15 is 0 Å². The minimum atomic E-state index is -0.715. The van der Waals surface area contributed by atoms with Gasteiger partial charge in [0, 0.05) is 22.1 Å². The summed E-state index contributed by atoms with van der Waals surface area (Å²) in [6, 6.07) is 15.5. The summed E-state index contributed by atoms with van der Waals surface area (Å²) in [6.07, 6.45) is 1.52. The smallest absolute Gasteiger partial charge is 0.338 e. The predicted molar refractivity (Wildman–Crippen MR) is 163 cm³/mol. The Labute approximate surface area is 251 Å². The first-order chi connectivity index (χ1) is 20.0. The van der Waals surface area contributed by atoms with Crippen LogP contribution in [-0.2, 0) is 14.3 Å². The second-order valence-electron chi connectivity index (χ2n) is 10.3. The van der Waals surface area contributed by atoms with Crippen molar-refractivity contribution in [2.45, 2.75) is 46.8 Å². The Morgan fingerprint density at radius 2 is 1.69 bits per heavy atom. The molecular weight excluding hydrogens is 574 g/mol. The molecule has 1 atom stereocenters. The van der Waals surface area contributed by atoms with Crippen LogP contribution < -0.4 is 14.9 Å². The van der Waals surface area contributed by atoms with Crippen molar-refractivity contribution in [3.8, 4) is 5.69 Å². The van der Waals surface area contributed by atoms with Gasteiger partial charge < -0.3 is 14.0 Å². The highest BCUT2D eigenvalue weighted by atomic mass is 35.5. The summed E-state index contributed by atoms with van der Waals surface area (Å²) in [7, 11) is 1.35. The molecule has 0 unspecified atom stereocenters. The van der Waals surface area contributed by atoms with E-state index in [2.05, 4.69) is 9.56 Å². The summed E-state index contributed by atoms with van der Waals surface area (Å²) < 4.78 is 14.5. The van der Waals surface area contributed by atoms with Gasteiger partial charge in [0.1, 0.15) is 0 Å². The van der Waals surface area contributed by atoms with Crippen LogP contribution >= 0.6 is 22.9 Å². The van der Waals surface area contributed by atoms with Crippen LogP contribution in [0.5, 0.6) is 0 Å². The van der Waals surface area contributed by atoms with Crippen LogP contribution in [0.4, 0.5) is 0 Å². The van der Waals surface area contributed by atoms with Gasteiger partial charge in [-0.15, -0.1) is 0 Å². The van der Waals surface area contributed by atoms with Crippen LogP contribution in [0.15, 0.2) is 75.7 Å². The molecule has 0 amide bonds. The van der Waals surface area contributed by atoms with E-state index in [9.17, 15) is 14.4 Å². The van der Waals surface area contributed by atoms with Crippen molar-refractivity contribution in [1.29, 1.82) is 0 Å². The number of nitrogens with zero attached hydrogens (tertiary/aromatic N) is 3. The predicted octanol–water partition coefficient (Wildman–Crippen LogP) is 5.03. The molecule has 0 saturated heterocycles. The minimum Gasteiger partial charge on any atom is -0.465 e. The minimum absolute atomic E-state index is 0.256. The molecule has 5 rings (SSSR count). The maximum absolute atomic E-state index is 14.0. The molecule has 8 nitrogen and oxygen atoms in total. The Balaban J connectivity index is 1.63. The number of ether oxygens (including phenoxy) is 2. The first-order valence-corrected chi connectivity index (χ1v) is 14.6. The highest BCUT2D eigenvalue weighted by Gasteiger charge is 2.33. The van der Waals surface area contributed by atoms with Crippen molar-refractivity contribution in [2.75, 3.05) is 7.11 Å². The Kier molecular flexibility index (Phi) is 8.08. The molecule has 1 aliphatic rings. The standard InChI is InChI=1S/C32H30ClN3O5S/c1-17(2)41-31(39)27-19(4)34-32-36(28(27)21-7-11-24(33)12-8-21)29(37)26(42-32)16-23-15-18(3)35(20(23)5)25-13-9-22(10-14-25)30(38)40-6/h7-17,28H,1-6H3/b26-16+/t28-/m0/s1. The molecular formula is C32H30ClN3O5S. The molecule has 42 heavy (non-hydrogen) atoms. The SMILES string of the molecule is COC(=O)c1ccc(-n2c(C)cc(/C=c3/sc4n(c3=O)[C@@H](c3ccc(Cl)cc3)C(C(=O)OC(C)C)=C(C)N=4)c2C)cc1. The lowest BCUT2D eigenvalue weighted by molar-refractivity contribution is -0.143. The summed E-state index contributed by atoms with van der Waals surface area (Å²) in [5.41, 5.74) is 5.40. The number of rotatable bonds is 6. The molecule has 0 saturated carbocycles. The third kappa shape index (κ3) is 5.37. The van der Waals surface area contributed by atoms with E-state index in [1.165, 1.54) is 18.4 Å². The molecule has 0 spiro atoms. The Bertz CT molecular complexity index is 1910. The van der Waals surface area contributed by atoms with E-state index in [1.54, 1.807) is 49.6 Å². The molecule has 10 heteroatoms. The number of esters is 2. The van der Waals surface area contributed by atoms with Gasteiger partial charge in [0.15, 0.2) is 4.80 Å². The fourth-order valence-electron chi connectivity index (χ4n) is 5.16. The number of halogens is 1. The molecule has 0 bridgehead atoms. The highest BCUT2D eigenvalue weighted by Crippen LogP contribution is 2.31. The van der Waals surface area contributed by atoms with E-state index in [0.717, 1.165) is 28.2 Å². The van der Waals surface area contributed by atoms with Crippen LogP contribution in [0.25, 0.3) is 11.8 Å². The quantitative estimate of drug-likeness (QED) is 0.288. The lowest BCUT2D eigenvalue weighted by Crippen LogP contribution is -2.40. The number of carbonyl (C=O) groups excluding carboxylic acids is 2. The largest absolute Gasteiger partial charge is 0.465 e. The number of thiazole rings is 1. The van der Waals surface area contributed by atoms with E-state index in [1.807, 2.05) is 50.3 Å². The van der Waals surface area contributed by atoms with Gasteiger partial charge in [0.05, 0.1) is 40.6 Å². The maximum Gasteiger partial charge on any atom is 0.338 e. The molecule has 2 aromatic carbocycles. The van der Waals surface area contributed by atoms with Crippen LogP contribution in [0, 0.1) is 13.8 Å². The number of aromatic nitrogens is 2. The average Bonchev–Trinajstić information content (AvgIpc) is 3.41. The van der Waals surface area contributed by atoms with Crippen LogP contribution in [0.2, 0.25) is 5.02 Å². The van der Waals surface area contributed by atoms with Gasteiger partial charge in [0.2, 0.25) is 0 Å². The van der Waals surface area contributed by atoms with Crippen molar-refractivity contribution < 1.29 is 19.1 Å². The number of carbonyl (C=O) groups is 2. The van der Waals surface area contributed by atoms with E-state index in [0.29, 0.717) is 31.2 Å². The van der Waals surface area contributed by atoms with Gasteiger partial charge in [-0.3, -0.25) is 9.36 Å². The molecule has 0 fully saturated rings. The van der Waals surface area contributed by atoms with Crippen LogP contribution in [0.1, 0.15) is 59.7 Å². The molecule has 0 radical (unpaired) electrons. The number of hydrogen-bond acceptors (Lipinski definition) is 7. The zero-order valence-corrected chi connectivity index (χ0v) is 25.7.